The lowest BCUT2D eigenvalue weighted by molar-refractivity contribution is 0.142. The Morgan fingerprint density at radius 3 is 2.40 bits per heavy atom. The molecule has 0 spiro atoms. The van der Waals surface area contributed by atoms with Crippen LogP contribution in [0.25, 0.3) is 0 Å². The maximum Gasteiger partial charge on any atom is 0.0465 e. The van der Waals surface area contributed by atoms with Gasteiger partial charge in [-0.3, -0.25) is 0 Å². The average molecular weight is 215 g/mol. The van der Waals surface area contributed by atoms with Gasteiger partial charge in [-0.05, 0) is 45.1 Å². The number of nitrogens with one attached hydrogen (secondary N) is 1. The zero-order valence-electron chi connectivity index (χ0n) is 11.0. The molecular weight excluding hydrogens is 186 g/mol. The Morgan fingerprint density at radius 2 is 1.87 bits per heavy atom. The highest BCUT2D eigenvalue weighted by molar-refractivity contribution is 4.67. The predicted molar refractivity (Wildman–Crippen MR) is 67.3 cm³/mol. The summed E-state index contributed by atoms with van der Waals surface area (Å²) in [7, 11) is 0. The van der Waals surface area contributed by atoms with E-state index in [9.17, 15) is 0 Å². The van der Waals surface area contributed by atoms with Crippen molar-refractivity contribution in [2.75, 3.05) is 19.8 Å². The van der Waals surface area contributed by atoms with Crippen LogP contribution in [0.3, 0.4) is 0 Å². The molecule has 0 aromatic rings. The van der Waals surface area contributed by atoms with Gasteiger partial charge in [0.25, 0.3) is 0 Å². The molecule has 0 aromatic heterocycles. The Hall–Kier alpha value is -0.0800. The number of hydrogen-bond donors (Lipinski definition) is 1. The standard InChI is InChI=1S/C13H29NO/c1-5-14-13(11-12(3)4)9-7-8-10-15-6-2/h12-14H,5-11H2,1-4H3. The summed E-state index contributed by atoms with van der Waals surface area (Å²) < 4.78 is 5.34. The summed E-state index contributed by atoms with van der Waals surface area (Å²) in [5, 5.41) is 3.56. The lowest BCUT2D eigenvalue weighted by Gasteiger charge is -2.19. The molecule has 0 amide bonds. The third-order valence-corrected chi connectivity index (χ3v) is 2.54. The molecule has 1 N–H and O–H groups in total. The van der Waals surface area contributed by atoms with Crippen molar-refractivity contribution < 1.29 is 4.74 Å². The van der Waals surface area contributed by atoms with Gasteiger partial charge in [0.15, 0.2) is 0 Å². The van der Waals surface area contributed by atoms with Gasteiger partial charge in [-0.1, -0.05) is 20.8 Å². The van der Waals surface area contributed by atoms with Crippen molar-refractivity contribution in [3.63, 3.8) is 0 Å². The first-order valence-corrected chi connectivity index (χ1v) is 6.51. The first-order valence-electron chi connectivity index (χ1n) is 6.51. The van der Waals surface area contributed by atoms with Crippen molar-refractivity contribution in [3.8, 4) is 0 Å². The van der Waals surface area contributed by atoms with Gasteiger partial charge >= 0.3 is 0 Å². The van der Waals surface area contributed by atoms with E-state index in [2.05, 4.69) is 33.0 Å². The maximum absolute atomic E-state index is 5.34. The first kappa shape index (κ1) is 14.9. The zero-order chi connectivity index (χ0) is 11.5. The number of rotatable bonds is 10. The fourth-order valence-electron chi connectivity index (χ4n) is 1.90. The topological polar surface area (TPSA) is 21.3 Å². The molecule has 0 saturated heterocycles. The molecule has 2 heteroatoms. The lowest BCUT2D eigenvalue weighted by Crippen LogP contribution is -2.30. The van der Waals surface area contributed by atoms with Gasteiger partial charge in [0.05, 0.1) is 0 Å². The molecule has 0 rings (SSSR count). The Morgan fingerprint density at radius 1 is 1.13 bits per heavy atom. The van der Waals surface area contributed by atoms with E-state index in [1.807, 2.05) is 0 Å². The summed E-state index contributed by atoms with van der Waals surface area (Å²) >= 11 is 0. The van der Waals surface area contributed by atoms with E-state index in [0.717, 1.165) is 25.7 Å². The molecule has 0 fully saturated rings. The smallest absolute Gasteiger partial charge is 0.0465 e. The summed E-state index contributed by atoms with van der Waals surface area (Å²) in [6.07, 6.45) is 5.07. The van der Waals surface area contributed by atoms with Crippen molar-refractivity contribution >= 4 is 0 Å². The second kappa shape index (κ2) is 10.4. The van der Waals surface area contributed by atoms with Crippen LogP contribution in [-0.2, 0) is 4.74 Å². The second-order valence-corrected chi connectivity index (χ2v) is 4.58. The van der Waals surface area contributed by atoms with Gasteiger partial charge in [0.2, 0.25) is 0 Å². The van der Waals surface area contributed by atoms with Crippen LogP contribution < -0.4 is 5.32 Å². The Labute approximate surface area is 95.8 Å². The van der Waals surface area contributed by atoms with E-state index in [4.69, 9.17) is 4.74 Å². The summed E-state index contributed by atoms with van der Waals surface area (Å²) in [4.78, 5) is 0. The number of ether oxygens (including phenoxy) is 1. The van der Waals surface area contributed by atoms with E-state index in [1.165, 1.54) is 25.7 Å². The Balaban J connectivity index is 3.47. The summed E-state index contributed by atoms with van der Waals surface area (Å²) in [6, 6.07) is 0.705. The quantitative estimate of drug-likeness (QED) is 0.565. The molecule has 0 aliphatic carbocycles. The van der Waals surface area contributed by atoms with Gasteiger partial charge in [0.1, 0.15) is 0 Å². The first-order chi connectivity index (χ1) is 7.20. The zero-order valence-corrected chi connectivity index (χ0v) is 11.0. The minimum absolute atomic E-state index is 0.705. The van der Waals surface area contributed by atoms with E-state index in [1.54, 1.807) is 0 Å². The van der Waals surface area contributed by atoms with Crippen molar-refractivity contribution in [1.29, 1.82) is 0 Å². The third kappa shape index (κ3) is 10.2. The van der Waals surface area contributed by atoms with Crippen molar-refractivity contribution in [2.45, 2.75) is 59.4 Å². The number of hydrogen-bond acceptors (Lipinski definition) is 2. The summed E-state index contributed by atoms with van der Waals surface area (Å²) in [5.74, 6) is 0.793. The second-order valence-electron chi connectivity index (χ2n) is 4.58. The van der Waals surface area contributed by atoms with Crippen LogP contribution >= 0.6 is 0 Å². The Bertz CT molecular complexity index is 126. The van der Waals surface area contributed by atoms with Gasteiger partial charge < -0.3 is 10.1 Å². The molecule has 0 bridgehead atoms. The van der Waals surface area contributed by atoms with E-state index >= 15 is 0 Å². The molecule has 92 valence electrons. The molecule has 1 unspecified atom stereocenters. The van der Waals surface area contributed by atoms with Crippen LogP contribution in [0.2, 0.25) is 0 Å². The van der Waals surface area contributed by atoms with E-state index in [-0.39, 0.29) is 0 Å². The molecule has 2 nitrogen and oxygen atoms in total. The fourth-order valence-corrected chi connectivity index (χ4v) is 1.90. The van der Waals surface area contributed by atoms with Crippen molar-refractivity contribution in [1.82, 2.24) is 5.32 Å². The normalized spacial score (nSPS) is 13.4. The summed E-state index contributed by atoms with van der Waals surface area (Å²) in [5.41, 5.74) is 0. The Kier molecular flexibility index (Phi) is 10.4. The van der Waals surface area contributed by atoms with Gasteiger partial charge in [0, 0.05) is 19.3 Å². The van der Waals surface area contributed by atoms with E-state index in [0.29, 0.717) is 6.04 Å². The van der Waals surface area contributed by atoms with Crippen LogP contribution in [0.4, 0.5) is 0 Å². The van der Waals surface area contributed by atoms with Gasteiger partial charge in [-0.25, -0.2) is 0 Å². The van der Waals surface area contributed by atoms with E-state index < -0.39 is 0 Å². The van der Waals surface area contributed by atoms with Gasteiger partial charge in [-0.15, -0.1) is 0 Å². The van der Waals surface area contributed by atoms with Crippen molar-refractivity contribution in [2.24, 2.45) is 5.92 Å². The maximum atomic E-state index is 5.34. The molecule has 15 heavy (non-hydrogen) atoms. The number of unbranched alkanes of at least 4 members (excludes halogenated alkanes) is 1. The fraction of sp³-hybridized carbons (Fsp3) is 1.00. The third-order valence-electron chi connectivity index (χ3n) is 2.54. The molecule has 0 saturated carbocycles. The molecular formula is C13H29NO. The highest BCUT2D eigenvalue weighted by Gasteiger charge is 2.08. The van der Waals surface area contributed by atoms with Crippen molar-refractivity contribution in [3.05, 3.63) is 0 Å². The molecule has 0 aliphatic rings. The van der Waals surface area contributed by atoms with Crippen LogP contribution in [0.1, 0.15) is 53.4 Å². The van der Waals surface area contributed by atoms with Gasteiger partial charge in [-0.2, -0.15) is 0 Å². The average Bonchev–Trinajstić information content (AvgIpc) is 2.17. The lowest BCUT2D eigenvalue weighted by atomic mass is 9.99. The molecule has 0 radical (unpaired) electrons. The molecule has 1 atom stereocenters. The monoisotopic (exact) mass is 215 g/mol. The minimum Gasteiger partial charge on any atom is -0.382 e. The SMILES string of the molecule is CCNC(CCCCOCC)CC(C)C. The highest BCUT2D eigenvalue weighted by Crippen LogP contribution is 2.11. The largest absolute Gasteiger partial charge is 0.382 e. The molecule has 0 aliphatic heterocycles. The predicted octanol–water partition coefficient (Wildman–Crippen LogP) is 3.22. The van der Waals surface area contributed by atoms with Crippen LogP contribution in [-0.4, -0.2) is 25.8 Å². The minimum atomic E-state index is 0.705. The van der Waals surface area contributed by atoms with Crippen LogP contribution in [0, 0.1) is 5.92 Å². The molecule has 0 heterocycles. The highest BCUT2D eigenvalue weighted by atomic mass is 16.5. The van der Waals surface area contributed by atoms with Crippen LogP contribution in [0.5, 0.6) is 0 Å². The van der Waals surface area contributed by atoms with Crippen LogP contribution in [0.15, 0.2) is 0 Å². The summed E-state index contributed by atoms with van der Waals surface area (Å²) in [6.45, 7) is 11.7. The molecule has 0 aromatic carbocycles.